The van der Waals surface area contributed by atoms with E-state index in [4.69, 9.17) is 0 Å². The Morgan fingerprint density at radius 2 is 1.88 bits per heavy atom. The van der Waals surface area contributed by atoms with E-state index in [-0.39, 0.29) is 37.8 Å². The van der Waals surface area contributed by atoms with Crippen molar-refractivity contribution in [1.82, 2.24) is 14.9 Å². The topological polar surface area (TPSA) is 49.3 Å². The maximum atomic E-state index is 13.2. The standard InChI is InChI=1S/C17H22F2N4O/c1-11-8-14(21-15(20-11)12-2-3-12)23-9-13(10-23)16(24)22-6-4-17(18,19)5-7-22/h8,12-13H,2-7,9-10H2,1H3. The molecule has 5 nitrogen and oxygen atoms in total. The zero-order chi connectivity index (χ0) is 16.9. The van der Waals surface area contributed by atoms with Crippen LogP contribution >= 0.6 is 0 Å². The van der Waals surface area contributed by atoms with Gasteiger partial charge in [-0.25, -0.2) is 18.7 Å². The van der Waals surface area contributed by atoms with Crippen LogP contribution in [0.1, 0.15) is 43.1 Å². The Labute approximate surface area is 140 Å². The lowest BCUT2D eigenvalue weighted by atomic mass is 9.96. The Hall–Kier alpha value is -1.79. The summed E-state index contributed by atoms with van der Waals surface area (Å²) in [5.74, 6) is -0.402. The van der Waals surface area contributed by atoms with Gasteiger partial charge in [-0.2, -0.15) is 0 Å². The number of hydrogen-bond acceptors (Lipinski definition) is 4. The second-order valence-electron chi connectivity index (χ2n) is 7.28. The van der Waals surface area contributed by atoms with Crippen LogP contribution in [0.5, 0.6) is 0 Å². The highest BCUT2D eigenvalue weighted by molar-refractivity contribution is 5.82. The van der Waals surface area contributed by atoms with Crippen molar-refractivity contribution >= 4 is 11.7 Å². The Morgan fingerprint density at radius 3 is 2.50 bits per heavy atom. The number of amides is 1. The fraction of sp³-hybridized carbons (Fsp3) is 0.706. The predicted octanol–water partition coefficient (Wildman–Crippen LogP) is 2.36. The molecule has 0 atom stereocenters. The average Bonchev–Trinajstić information content (AvgIpc) is 3.29. The quantitative estimate of drug-likeness (QED) is 0.850. The summed E-state index contributed by atoms with van der Waals surface area (Å²) in [4.78, 5) is 25.3. The van der Waals surface area contributed by atoms with E-state index >= 15 is 0 Å². The van der Waals surface area contributed by atoms with E-state index < -0.39 is 5.92 Å². The number of aromatic nitrogens is 2. The normalized spacial score (nSPS) is 24.0. The summed E-state index contributed by atoms with van der Waals surface area (Å²) in [6.45, 7) is 3.54. The summed E-state index contributed by atoms with van der Waals surface area (Å²) >= 11 is 0. The molecule has 4 rings (SSSR count). The van der Waals surface area contributed by atoms with Crippen LogP contribution in [0.25, 0.3) is 0 Å². The van der Waals surface area contributed by atoms with Gasteiger partial charge in [0.05, 0.1) is 5.92 Å². The maximum Gasteiger partial charge on any atom is 0.251 e. The van der Waals surface area contributed by atoms with Gasteiger partial charge >= 0.3 is 0 Å². The highest BCUT2D eigenvalue weighted by Gasteiger charge is 2.41. The number of rotatable bonds is 3. The molecule has 1 saturated carbocycles. The second-order valence-corrected chi connectivity index (χ2v) is 7.28. The molecule has 3 fully saturated rings. The molecule has 130 valence electrons. The van der Waals surface area contributed by atoms with Crippen molar-refractivity contribution in [2.45, 2.75) is 44.4 Å². The molecule has 1 aliphatic carbocycles. The molecule has 2 saturated heterocycles. The molecule has 0 bridgehead atoms. The summed E-state index contributed by atoms with van der Waals surface area (Å²) in [6.07, 6.45) is 1.88. The molecule has 2 aliphatic heterocycles. The molecular formula is C17H22F2N4O. The number of halogens is 2. The molecule has 0 spiro atoms. The van der Waals surface area contributed by atoms with Crippen LogP contribution in [-0.2, 0) is 4.79 Å². The first-order valence-electron chi connectivity index (χ1n) is 8.68. The number of carbonyl (C=O) groups is 1. The number of piperidine rings is 1. The number of alkyl halides is 2. The molecule has 1 aromatic rings. The highest BCUT2D eigenvalue weighted by Crippen LogP contribution is 2.39. The zero-order valence-electron chi connectivity index (χ0n) is 13.8. The molecule has 7 heteroatoms. The van der Waals surface area contributed by atoms with E-state index in [9.17, 15) is 13.6 Å². The predicted molar refractivity (Wildman–Crippen MR) is 85.2 cm³/mol. The van der Waals surface area contributed by atoms with Gasteiger partial charge < -0.3 is 9.80 Å². The van der Waals surface area contributed by atoms with Crippen LogP contribution in [0.15, 0.2) is 6.07 Å². The molecule has 3 aliphatic rings. The molecule has 1 amide bonds. The van der Waals surface area contributed by atoms with Crippen molar-refractivity contribution in [3.8, 4) is 0 Å². The minimum Gasteiger partial charge on any atom is -0.355 e. The van der Waals surface area contributed by atoms with Crippen molar-refractivity contribution < 1.29 is 13.6 Å². The molecule has 0 N–H and O–H groups in total. The Bertz CT molecular complexity index is 646. The van der Waals surface area contributed by atoms with E-state index in [1.54, 1.807) is 4.90 Å². The third-order valence-corrected chi connectivity index (χ3v) is 5.16. The highest BCUT2D eigenvalue weighted by atomic mass is 19.3. The van der Waals surface area contributed by atoms with Gasteiger partial charge in [0.15, 0.2) is 0 Å². The number of anilines is 1. The molecule has 0 aromatic carbocycles. The monoisotopic (exact) mass is 336 g/mol. The van der Waals surface area contributed by atoms with Gasteiger partial charge in [0.2, 0.25) is 5.91 Å². The molecule has 0 radical (unpaired) electrons. The number of likely N-dealkylation sites (tertiary alicyclic amines) is 1. The van der Waals surface area contributed by atoms with Gasteiger partial charge in [-0.15, -0.1) is 0 Å². The summed E-state index contributed by atoms with van der Waals surface area (Å²) < 4.78 is 26.4. The average molecular weight is 336 g/mol. The van der Waals surface area contributed by atoms with Crippen molar-refractivity contribution in [1.29, 1.82) is 0 Å². The van der Waals surface area contributed by atoms with E-state index in [2.05, 4.69) is 14.9 Å². The van der Waals surface area contributed by atoms with Gasteiger partial charge in [0.1, 0.15) is 11.6 Å². The lowest BCUT2D eigenvalue weighted by molar-refractivity contribution is -0.142. The molecule has 0 unspecified atom stereocenters. The van der Waals surface area contributed by atoms with Crippen LogP contribution in [-0.4, -0.2) is 52.9 Å². The zero-order valence-corrected chi connectivity index (χ0v) is 13.8. The van der Waals surface area contributed by atoms with Crippen LogP contribution in [0.2, 0.25) is 0 Å². The first-order valence-corrected chi connectivity index (χ1v) is 8.68. The Morgan fingerprint density at radius 1 is 1.21 bits per heavy atom. The molecule has 24 heavy (non-hydrogen) atoms. The van der Waals surface area contributed by atoms with Crippen molar-refractivity contribution in [3.05, 3.63) is 17.6 Å². The van der Waals surface area contributed by atoms with Gasteiger partial charge in [-0.05, 0) is 19.8 Å². The minimum absolute atomic E-state index is 0.00921. The lowest BCUT2D eigenvalue weighted by Gasteiger charge is -2.42. The van der Waals surface area contributed by atoms with Crippen LogP contribution in [0, 0.1) is 12.8 Å². The largest absolute Gasteiger partial charge is 0.355 e. The first-order chi connectivity index (χ1) is 11.4. The number of aryl methyl sites for hydroxylation is 1. The fourth-order valence-electron chi connectivity index (χ4n) is 3.39. The summed E-state index contributed by atoms with van der Waals surface area (Å²) in [5.41, 5.74) is 0.954. The number of carbonyl (C=O) groups excluding carboxylic acids is 1. The first kappa shape index (κ1) is 15.7. The van der Waals surface area contributed by atoms with Gasteiger partial charge in [0.25, 0.3) is 5.92 Å². The van der Waals surface area contributed by atoms with E-state index in [1.807, 2.05) is 13.0 Å². The molecule has 3 heterocycles. The summed E-state index contributed by atoms with van der Waals surface area (Å²) in [6, 6.07) is 1.95. The summed E-state index contributed by atoms with van der Waals surface area (Å²) in [7, 11) is 0. The van der Waals surface area contributed by atoms with Crippen molar-refractivity contribution in [2.24, 2.45) is 5.92 Å². The Kier molecular flexibility index (Phi) is 3.69. The maximum absolute atomic E-state index is 13.2. The summed E-state index contributed by atoms with van der Waals surface area (Å²) in [5, 5.41) is 0. The van der Waals surface area contributed by atoms with Crippen molar-refractivity contribution in [2.75, 3.05) is 31.1 Å². The fourth-order valence-corrected chi connectivity index (χ4v) is 3.39. The molecular weight excluding hydrogens is 314 g/mol. The van der Waals surface area contributed by atoms with Crippen LogP contribution in [0.3, 0.4) is 0 Å². The van der Waals surface area contributed by atoms with Crippen LogP contribution in [0.4, 0.5) is 14.6 Å². The van der Waals surface area contributed by atoms with Gasteiger partial charge in [0, 0.05) is 56.7 Å². The lowest BCUT2D eigenvalue weighted by Crippen LogP contribution is -2.56. The third-order valence-electron chi connectivity index (χ3n) is 5.16. The molecule has 1 aromatic heterocycles. The van der Waals surface area contributed by atoms with Gasteiger partial charge in [-0.3, -0.25) is 4.79 Å². The SMILES string of the molecule is Cc1cc(N2CC(C(=O)N3CCC(F)(F)CC3)C2)nc(C2CC2)n1. The van der Waals surface area contributed by atoms with Crippen LogP contribution < -0.4 is 4.90 Å². The minimum atomic E-state index is -2.61. The van der Waals surface area contributed by atoms with E-state index in [1.165, 1.54) is 0 Å². The van der Waals surface area contributed by atoms with E-state index in [0.717, 1.165) is 30.2 Å². The second kappa shape index (κ2) is 5.63. The smallest absolute Gasteiger partial charge is 0.251 e. The Balaban J connectivity index is 1.35. The van der Waals surface area contributed by atoms with Crippen molar-refractivity contribution in [3.63, 3.8) is 0 Å². The van der Waals surface area contributed by atoms with E-state index in [0.29, 0.717) is 19.0 Å². The third kappa shape index (κ3) is 3.08. The van der Waals surface area contributed by atoms with Gasteiger partial charge in [-0.1, -0.05) is 0 Å². The number of hydrogen-bond donors (Lipinski definition) is 0. The number of nitrogens with zero attached hydrogens (tertiary/aromatic N) is 4.